The molecule has 2 atom stereocenters. The minimum absolute atomic E-state index is 0.0176. The number of benzene rings is 1. The zero-order chi connectivity index (χ0) is 14.7. The van der Waals surface area contributed by atoms with Gasteiger partial charge in [-0.3, -0.25) is 10.1 Å². The van der Waals surface area contributed by atoms with Gasteiger partial charge in [0.05, 0.1) is 10.8 Å². The van der Waals surface area contributed by atoms with Crippen molar-refractivity contribution in [3.63, 3.8) is 0 Å². The lowest BCUT2D eigenvalue weighted by atomic mass is 10.0. The molecular weight excluding hydrogens is 260 g/mol. The summed E-state index contributed by atoms with van der Waals surface area (Å²) in [6.45, 7) is 3.96. The Morgan fingerprint density at radius 3 is 2.70 bits per heavy atom. The van der Waals surface area contributed by atoms with E-state index in [2.05, 4.69) is 15.5 Å². The average Bonchev–Trinajstić information content (AvgIpc) is 2.95. The Balaban J connectivity index is 2.36. The molecule has 0 saturated carbocycles. The standard InChI is InChI=1S/C13H16N4O3/c1-8(9(2)14-3)13-15-12(16-20-13)10-6-4-5-7-11(10)17(18)19/h4-9,14H,1-3H3. The maximum absolute atomic E-state index is 11.0. The van der Waals surface area contributed by atoms with E-state index in [-0.39, 0.29) is 23.5 Å². The largest absolute Gasteiger partial charge is 0.339 e. The number of hydrogen-bond acceptors (Lipinski definition) is 6. The van der Waals surface area contributed by atoms with Crippen molar-refractivity contribution in [2.24, 2.45) is 0 Å². The summed E-state index contributed by atoms with van der Waals surface area (Å²) in [5.41, 5.74) is 0.325. The first-order chi connectivity index (χ1) is 9.54. The molecule has 20 heavy (non-hydrogen) atoms. The van der Waals surface area contributed by atoms with Crippen molar-refractivity contribution in [1.82, 2.24) is 15.5 Å². The Morgan fingerprint density at radius 2 is 2.05 bits per heavy atom. The van der Waals surface area contributed by atoms with Crippen molar-refractivity contribution in [3.8, 4) is 11.4 Å². The topological polar surface area (TPSA) is 94.1 Å². The summed E-state index contributed by atoms with van der Waals surface area (Å²) >= 11 is 0. The van der Waals surface area contributed by atoms with E-state index in [9.17, 15) is 10.1 Å². The number of hydrogen-bond donors (Lipinski definition) is 1. The van der Waals surface area contributed by atoms with Crippen molar-refractivity contribution in [2.75, 3.05) is 7.05 Å². The van der Waals surface area contributed by atoms with E-state index in [0.29, 0.717) is 11.5 Å². The molecule has 1 heterocycles. The number of rotatable bonds is 5. The molecular formula is C13H16N4O3. The van der Waals surface area contributed by atoms with Crippen molar-refractivity contribution < 1.29 is 9.45 Å². The summed E-state index contributed by atoms with van der Waals surface area (Å²) in [6.07, 6.45) is 0. The van der Waals surface area contributed by atoms with Crippen molar-refractivity contribution in [3.05, 3.63) is 40.3 Å². The van der Waals surface area contributed by atoms with E-state index in [0.717, 1.165) is 0 Å². The monoisotopic (exact) mass is 276 g/mol. The van der Waals surface area contributed by atoms with Crippen LogP contribution in [0.25, 0.3) is 11.4 Å². The van der Waals surface area contributed by atoms with Gasteiger partial charge in [-0.25, -0.2) is 0 Å². The molecule has 2 unspecified atom stereocenters. The third-order valence-electron chi connectivity index (χ3n) is 3.38. The minimum atomic E-state index is -0.453. The molecule has 2 aromatic rings. The lowest BCUT2D eigenvalue weighted by Crippen LogP contribution is -2.27. The molecule has 1 N–H and O–H groups in total. The Bertz CT molecular complexity index is 611. The van der Waals surface area contributed by atoms with Crippen LogP contribution in [0.1, 0.15) is 25.7 Å². The second kappa shape index (κ2) is 5.79. The molecule has 1 aromatic carbocycles. The zero-order valence-electron chi connectivity index (χ0n) is 11.5. The van der Waals surface area contributed by atoms with Crippen LogP contribution in [0, 0.1) is 10.1 Å². The van der Waals surface area contributed by atoms with Gasteiger partial charge in [0.25, 0.3) is 5.69 Å². The van der Waals surface area contributed by atoms with Gasteiger partial charge in [-0.15, -0.1) is 0 Å². The van der Waals surface area contributed by atoms with Gasteiger partial charge in [-0.05, 0) is 20.0 Å². The molecule has 0 fully saturated rings. The highest BCUT2D eigenvalue weighted by molar-refractivity contribution is 5.67. The lowest BCUT2D eigenvalue weighted by Gasteiger charge is -2.14. The van der Waals surface area contributed by atoms with Crippen LogP contribution < -0.4 is 5.32 Å². The van der Waals surface area contributed by atoms with Crippen LogP contribution in [-0.4, -0.2) is 28.2 Å². The predicted molar refractivity (Wildman–Crippen MR) is 73.3 cm³/mol. The highest BCUT2D eigenvalue weighted by Gasteiger charge is 2.23. The molecule has 106 valence electrons. The molecule has 0 saturated heterocycles. The summed E-state index contributed by atoms with van der Waals surface area (Å²) in [7, 11) is 1.85. The highest BCUT2D eigenvalue weighted by Crippen LogP contribution is 2.28. The van der Waals surface area contributed by atoms with Crippen LogP contribution in [-0.2, 0) is 0 Å². The van der Waals surface area contributed by atoms with E-state index in [1.165, 1.54) is 6.07 Å². The normalized spacial score (nSPS) is 13.9. The van der Waals surface area contributed by atoms with E-state index >= 15 is 0 Å². The first kappa shape index (κ1) is 14.1. The van der Waals surface area contributed by atoms with E-state index in [1.807, 2.05) is 20.9 Å². The lowest BCUT2D eigenvalue weighted by molar-refractivity contribution is -0.384. The second-order valence-corrected chi connectivity index (χ2v) is 4.60. The van der Waals surface area contributed by atoms with Gasteiger partial charge in [0.2, 0.25) is 11.7 Å². The molecule has 0 bridgehead atoms. The fourth-order valence-corrected chi connectivity index (χ4v) is 1.82. The summed E-state index contributed by atoms with van der Waals surface area (Å²) in [5.74, 6) is 0.714. The molecule has 0 aliphatic rings. The zero-order valence-corrected chi connectivity index (χ0v) is 11.5. The molecule has 0 aliphatic heterocycles. The molecule has 7 heteroatoms. The maximum Gasteiger partial charge on any atom is 0.280 e. The van der Waals surface area contributed by atoms with Gasteiger partial charge < -0.3 is 9.84 Å². The summed E-state index contributed by atoms with van der Waals surface area (Å²) in [6, 6.07) is 6.50. The quantitative estimate of drug-likeness (QED) is 0.665. The first-order valence-electron chi connectivity index (χ1n) is 6.29. The van der Waals surface area contributed by atoms with Crippen LogP contribution in [0.15, 0.2) is 28.8 Å². The van der Waals surface area contributed by atoms with Crippen molar-refractivity contribution in [2.45, 2.75) is 25.8 Å². The van der Waals surface area contributed by atoms with Gasteiger partial charge in [0.15, 0.2) is 0 Å². The number of nitrogens with one attached hydrogen (secondary N) is 1. The maximum atomic E-state index is 11.0. The van der Waals surface area contributed by atoms with Gasteiger partial charge in [0, 0.05) is 12.1 Å². The van der Waals surface area contributed by atoms with Gasteiger partial charge in [0.1, 0.15) is 5.56 Å². The van der Waals surface area contributed by atoms with Gasteiger partial charge >= 0.3 is 0 Å². The molecule has 1 aromatic heterocycles. The number of nitro benzene ring substituents is 1. The first-order valence-corrected chi connectivity index (χ1v) is 6.29. The van der Waals surface area contributed by atoms with Crippen LogP contribution >= 0.6 is 0 Å². The fraction of sp³-hybridized carbons (Fsp3) is 0.385. The predicted octanol–water partition coefficient (Wildman–Crippen LogP) is 2.36. The number of nitro groups is 1. The molecule has 0 amide bonds. The second-order valence-electron chi connectivity index (χ2n) is 4.60. The summed E-state index contributed by atoms with van der Waals surface area (Å²) in [4.78, 5) is 14.8. The van der Waals surface area contributed by atoms with Crippen LogP contribution in [0.5, 0.6) is 0 Å². The number of likely N-dealkylation sites (N-methyl/N-ethyl adjacent to an activating group) is 1. The number of nitrogens with zero attached hydrogens (tertiary/aromatic N) is 3. The Hall–Kier alpha value is -2.28. The van der Waals surface area contributed by atoms with Crippen LogP contribution in [0.3, 0.4) is 0 Å². The Labute approximate surface area is 116 Å². The van der Waals surface area contributed by atoms with Crippen molar-refractivity contribution in [1.29, 1.82) is 0 Å². The van der Waals surface area contributed by atoms with Gasteiger partial charge in [-0.2, -0.15) is 4.98 Å². The average molecular weight is 276 g/mol. The van der Waals surface area contributed by atoms with Gasteiger partial charge in [-0.1, -0.05) is 24.2 Å². The molecule has 0 spiro atoms. The minimum Gasteiger partial charge on any atom is -0.339 e. The Kier molecular flexibility index (Phi) is 4.09. The number of aromatic nitrogens is 2. The third-order valence-corrected chi connectivity index (χ3v) is 3.38. The van der Waals surface area contributed by atoms with Crippen LogP contribution in [0.2, 0.25) is 0 Å². The summed E-state index contributed by atoms with van der Waals surface area (Å²) < 4.78 is 5.21. The third kappa shape index (κ3) is 2.67. The Morgan fingerprint density at radius 1 is 1.35 bits per heavy atom. The molecule has 7 nitrogen and oxygen atoms in total. The molecule has 2 rings (SSSR count). The van der Waals surface area contributed by atoms with Crippen molar-refractivity contribution >= 4 is 5.69 Å². The molecule has 0 radical (unpaired) electrons. The van der Waals surface area contributed by atoms with E-state index < -0.39 is 4.92 Å². The SMILES string of the molecule is CNC(C)C(C)c1nc(-c2ccccc2[N+](=O)[O-])no1. The summed E-state index contributed by atoms with van der Waals surface area (Å²) in [5, 5.41) is 18.0. The van der Waals surface area contributed by atoms with E-state index in [1.54, 1.807) is 18.2 Å². The highest BCUT2D eigenvalue weighted by atomic mass is 16.6. The smallest absolute Gasteiger partial charge is 0.280 e. The number of para-hydroxylation sites is 1. The van der Waals surface area contributed by atoms with Crippen LogP contribution in [0.4, 0.5) is 5.69 Å². The van der Waals surface area contributed by atoms with E-state index in [4.69, 9.17) is 4.52 Å². The fourth-order valence-electron chi connectivity index (χ4n) is 1.82. The molecule has 0 aliphatic carbocycles.